The Hall–Kier alpha value is -1.34. The third-order valence-electron chi connectivity index (χ3n) is 4.14. The number of carbonyl (C=O) groups is 1. The van der Waals surface area contributed by atoms with Gasteiger partial charge in [-0.05, 0) is 44.6 Å². The maximum Gasteiger partial charge on any atom is 0.306 e. The lowest BCUT2D eigenvalue weighted by molar-refractivity contribution is -0.138. The van der Waals surface area contributed by atoms with Crippen molar-refractivity contribution in [2.75, 3.05) is 0 Å². The van der Waals surface area contributed by atoms with Gasteiger partial charge in [0, 0.05) is 6.04 Å². The lowest BCUT2D eigenvalue weighted by atomic mass is 10.2. The summed E-state index contributed by atoms with van der Waals surface area (Å²) in [6.45, 7) is 3.32. The summed E-state index contributed by atoms with van der Waals surface area (Å²) in [7, 11) is -3.57. The Kier molecular flexibility index (Phi) is 2.95. The van der Waals surface area contributed by atoms with Crippen LogP contribution in [0, 0.1) is 31.6 Å². The number of furan rings is 1. The molecule has 1 aromatic heterocycles. The van der Waals surface area contributed by atoms with Gasteiger partial charge in [-0.3, -0.25) is 4.79 Å². The highest BCUT2D eigenvalue weighted by Crippen LogP contribution is 2.54. The molecule has 20 heavy (non-hydrogen) atoms. The summed E-state index contributed by atoms with van der Waals surface area (Å²) in [5.74, 6) is 0.175. The predicted molar refractivity (Wildman–Crippen MR) is 69.6 cm³/mol. The van der Waals surface area contributed by atoms with E-state index in [1.54, 1.807) is 13.8 Å². The van der Waals surface area contributed by atoms with Crippen LogP contribution in [0.5, 0.6) is 0 Å². The minimum Gasteiger partial charge on any atom is -0.481 e. The smallest absolute Gasteiger partial charge is 0.306 e. The molecule has 0 bridgehead atoms. The van der Waals surface area contributed by atoms with Crippen LogP contribution in [0.1, 0.15) is 24.4 Å². The topological polar surface area (TPSA) is 96.6 Å². The minimum atomic E-state index is -3.57. The number of sulfonamides is 1. The lowest BCUT2D eigenvalue weighted by Crippen LogP contribution is -2.27. The Balaban J connectivity index is 1.65. The third kappa shape index (κ3) is 2.35. The van der Waals surface area contributed by atoms with Gasteiger partial charge < -0.3 is 9.52 Å². The van der Waals surface area contributed by atoms with E-state index < -0.39 is 16.0 Å². The predicted octanol–water partition coefficient (Wildman–Crippen LogP) is 1.28. The van der Waals surface area contributed by atoms with E-state index >= 15 is 0 Å². The maximum atomic E-state index is 12.2. The number of rotatable bonds is 5. The molecule has 7 heteroatoms. The molecule has 6 nitrogen and oxygen atoms in total. The second kappa shape index (κ2) is 4.33. The van der Waals surface area contributed by atoms with Crippen molar-refractivity contribution < 1.29 is 22.7 Å². The molecule has 0 aliphatic heterocycles. The van der Waals surface area contributed by atoms with Gasteiger partial charge in [0.05, 0.1) is 5.92 Å². The van der Waals surface area contributed by atoms with Gasteiger partial charge in [-0.15, -0.1) is 0 Å². The Morgan fingerprint density at radius 3 is 2.55 bits per heavy atom. The lowest BCUT2D eigenvalue weighted by Gasteiger charge is -2.04. The Labute approximate surface area is 117 Å². The fraction of sp³-hybridized carbons (Fsp3) is 0.615. The molecule has 3 rings (SSSR count). The first-order valence-corrected chi connectivity index (χ1v) is 8.10. The number of carboxylic acids is 1. The second-order valence-electron chi connectivity index (χ2n) is 5.75. The number of carboxylic acid groups (broad SMARTS) is 1. The fourth-order valence-electron chi connectivity index (χ4n) is 2.93. The van der Waals surface area contributed by atoms with E-state index in [0.717, 1.165) is 6.42 Å². The van der Waals surface area contributed by atoms with Crippen molar-refractivity contribution in [3.05, 3.63) is 17.6 Å². The van der Waals surface area contributed by atoms with Crippen molar-refractivity contribution in [1.82, 2.24) is 4.72 Å². The molecule has 0 aromatic carbocycles. The fourth-order valence-corrected chi connectivity index (χ4v) is 4.47. The van der Waals surface area contributed by atoms with Crippen LogP contribution in [0.3, 0.4) is 0 Å². The van der Waals surface area contributed by atoms with E-state index in [9.17, 15) is 13.2 Å². The van der Waals surface area contributed by atoms with Crippen molar-refractivity contribution in [2.24, 2.45) is 17.8 Å². The molecule has 0 amide bonds. The molecule has 110 valence electrons. The number of nitrogens with one attached hydrogen (secondary N) is 1. The van der Waals surface area contributed by atoms with Crippen LogP contribution in [0.2, 0.25) is 0 Å². The maximum absolute atomic E-state index is 12.2. The van der Waals surface area contributed by atoms with Gasteiger partial charge in [0.1, 0.15) is 16.4 Å². The Morgan fingerprint density at radius 2 is 2.05 bits per heavy atom. The van der Waals surface area contributed by atoms with Gasteiger partial charge in [-0.25, -0.2) is 13.1 Å². The van der Waals surface area contributed by atoms with Gasteiger partial charge in [-0.1, -0.05) is 0 Å². The average Bonchev–Trinajstić information content (AvgIpc) is 3.17. The summed E-state index contributed by atoms with van der Waals surface area (Å²) >= 11 is 0. The first-order chi connectivity index (χ1) is 9.29. The normalized spacial score (nSPS) is 32.1. The van der Waals surface area contributed by atoms with Gasteiger partial charge in [-0.2, -0.15) is 0 Å². The number of aryl methyl sites for hydroxylation is 2. The van der Waals surface area contributed by atoms with Crippen LogP contribution in [-0.2, 0) is 14.8 Å². The zero-order valence-corrected chi connectivity index (χ0v) is 12.1. The van der Waals surface area contributed by atoms with E-state index in [1.165, 1.54) is 6.07 Å². The molecule has 1 aromatic rings. The van der Waals surface area contributed by atoms with Crippen molar-refractivity contribution >= 4 is 16.0 Å². The van der Waals surface area contributed by atoms with E-state index in [1.807, 2.05) is 0 Å². The van der Waals surface area contributed by atoms with Crippen LogP contribution >= 0.6 is 0 Å². The highest BCUT2D eigenvalue weighted by atomic mass is 32.2. The standard InChI is InChI=1S/C13H17NO5S/c1-6-3-12(7(2)19-6)20(17,18)14-11-5-9(11)8-4-10(8)13(15)16/h3,8-11,14H,4-5H2,1-2H3,(H,15,16)/t8-,9+,10-,11+/m0/s1. The van der Waals surface area contributed by atoms with Crippen LogP contribution in [0.15, 0.2) is 15.4 Å². The number of hydrogen-bond donors (Lipinski definition) is 2. The molecule has 2 aliphatic rings. The summed E-state index contributed by atoms with van der Waals surface area (Å²) in [5, 5.41) is 8.89. The van der Waals surface area contributed by atoms with Gasteiger partial charge in [0.25, 0.3) is 0 Å². The first kappa shape index (κ1) is 13.6. The van der Waals surface area contributed by atoms with Crippen molar-refractivity contribution in [3.63, 3.8) is 0 Å². The third-order valence-corrected chi connectivity index (χ3v) is 5.74. The molecule has 0 unspecified atom stereocenters. The van der Waals surface area contributed by atoms with E-state index in [0.29, 0.717) is 17.9 Å². The van der Waals surface area contributed by atoms with Crippen molar-refractivity contribution in [2.45, 2.75) is 37.6 Å². The molecule has 0 saturated heterocycles. The Morgan fingerprint density at radius 1 is 1.35 bits per heavy atom. The van der Waals surface area contributed by atoms with Crippen molar-refractivity contribution in [3.8, 4) is 0 Å². The SMILES string of the molecule is Cc1cc(S(=O)(=O)N[C@@H]2C[C@@H]2[C@@H]2C[C@@H]2C(=O)O)c(C)o1. The molecule has 2 saturated carbocycles. The summed E-state index contributed by atoms with van der Waals surface area (Å²) in [6.07, 6.45) is 1.39. The quantitative estimate of drug-likeness (QED) is 0.854. The van der Waals surface area contributed by atoms with Gasteiger partial charge in [0.2, 0.25) is 10.0 Å². The summed E-state index contributed by atoms with van der Waals surface area (Å²) in [4.78, 5) is 11.0. The highest BCUT2D eigenvalue weighted by Gasteiger charge is 2.57. The molecule has 2 fully saturated rings. The van der Waals surface area contributed by atoms with Crippen LogP contribution in [0.4, 0.5) is 0 Å². The molecule has 0 spiro atoms. The van der Waals surface area contributed by atoms with Gasteiger partial charge in [0.15, 0.2) is 0 Å². The summed E-state index contributed by atoms with van der Waals surface area (Å²) in [6, 6.07) is 1.37. The Bertz CT molecular complexity index is 662. The zero-order chi connectivity index (χ0) is 14.7. The number of hydrogen-bond acceptors (Lipinski definition) is 4. The first-order valence-electron chi connectivity index (χ1n) is 6.62. The molecule has 4 atom stereocenters. The minimum absolute atomic E-state index is 0.132. The second-order valence-corrected chi connectivity index (χ2v) is 7.43. The average molecular weight is 299 g/mol. The van der Waals surface area contributed by atoms with E-state index in [4.69, 9.17) is 9.52 Å². The zero-order valence-electron chi connectivity index (χ0n) is 11.3. The molecule has 0 radical (unpaired) electrons. The van der Waals surface area contributed by atoms with Crippen LogP contribution in [0.25, 0.3) is 0 Å². The summed E-state index contributed by atoms with van der Waals surface area (Å²) in [5.41, 5.74) is 0. The highest BCUT2D eigenvalue weighted by molar-refractivity contribution is 7.89. The molecule has 2 aliphatic carbocycles. The monoisotopic (exact) mass is 299 g/mol. The number of aliphatic carboxylic acids is 1. The van der Waals surface area contributed by atoms with E-state index in [2.05, 4.69) is 4.72 Å². The molecular formula is C13H17NO5S. The van der Waals surface area contributed by atoms with E-state index in [-0.39, 0.29) is 28.7 Å². The molecular weight excluding hydrogens is 282 g/mol. The summed E-state index contributed by atoms with van der Waals surface area (Å²) < 4.78 is 32.4. The largest absolute Gasteiger partial charge is 0.481 e. The van der Waals surface area contributed by atoms with Crippen LogP contribution < -0.4 is 4.72 Å². The van der Waals surface area contributed by atoms with Crippen molar-refractivity contribution in [1.29, 1.82) is 0 Å². The molecule has 1 heterocycles. The van der Waals surface area contributed by atoms with Crippen LogP contribution in [-0.4, -0.2) is 25.5 Å². The van der Waals surface area contributed by atoms with Gasteiger partial charge >= 0.3 is 5.97 Å². The molecule has 2 N–H and O–H groups in total.